The summed E-state index contributed by atoms with van der Waals surface area (Å²) in [6.45, 7) is 3.35. The van der Waals surface area contributed by atoms with E-state index in [0.29, 0.717) is 17.4 Å². The Balaban J connectivity index is 1.22. The zero-order chi connectivity index (χ0) is 19.8. The van der Waals surface area contributed by atoms with Crippen molar-refractivity contribution in [1.82, 2.24) is 30.6 Å². The average Bonchev–Trinajstić information content (AvgIpc) is 3.47. The van der Waals surface area contributed by atoms with Gasteiger partial charge in [-0.1, -0.05) is 5.16 Å². The Bertz CT molecular complexity index is 1020. The number of aromatic amines is 1. The number of fused-ring (bicyclic) bond motifs is 1. The standard InChI is InChI=1S/C20H23N7O2/c1-12-22-20(29-26-12)13-6-7-17(21-10-13)27-9-8-14(11-27)23-19(28)18-15-4-2-3-5-16(15)24-25-18/h6-7,10,14H,2-5,8-9,11H2,1H3,(H,23,28)(H,24,25)/t14-/m0/s1. The monoisotopic (exact) mass is 393 g/mol. The number of hydrogen-bond donors (Lipinski definition) is 2. The van der Waals surface area contributed by atoms with Crippen LogP contribution in [0.2, 0.25) is 0 Å². The van der Waals surface area contributed by atoms with Crippen molar-refractivity contribution < 1.29 is 9.32 Å². The number of aromatic nitrogens is 5. The molecule has 0 spiro atoms. The minimum Gasteiger partial charge on any atom is -0.354 e. The summed E-state index contributed by atoms with van der Waals surface area (Å²) in [5.74, 6) is 1.86. The van der Waals surface area contributed by atoms with Crippen molar-refractivity contribution in [2.24, 2.45) is 0 Å². The van der Waals surface area contributed by atoms with Gasteiger partial charge in [0.15, 0.2) is 11.5 Å². The molecule has 3 aromatic heterocycles. The van der Waals surface area contributed by atoms with Crippen LogP contribution in [0.15, 0.2) is 22.9 Å². The van der Waals surface area contributed by atoms with Crippen molar-refractivity contribution >= 4 is 11.7 Å². The van der Waals surface area contributed by atoms with E-state index in [1.807, 2.05) is 12.1 Å². The van der Waals surface area contributed by atoms with Gasteiger partial charge in [0.25, 0.3) is 11.8 Å². The number of H-pyrrole nitrogens is 1. The zero-order valence-corrected chi connectivity index (χ0v) is 16.3. The molecule has 1 aliphatic heterocycles. The molecule has 1 amide bonds. The fourth-order valence-corrected chi connectivity index (χ4v) is 4.12. The van der Waals surface area contributed by atoms with Crippen LogP contribution in [0.25, 0.3) is 11.5 Å². The fourth-order valence-electron chi connectivity index (χ4n) is 4.12. The molecule has 0 aromatic carbocycles. The molecule has 1 aliphatic carbocycles. The van der Waals surface area contributed by atoms with Crippen molar-refractivity contribution in [3.63, 3.8) is 0 Å². The SMILES string of the molecule is Cc1noc(-c2ccc(N3CC[C@H](NC(=O)c4n[nH]c5c4CCCC5)C3)nc2)n1. The van der Waals surface area contributed by atoms with E-state index in [9.17, 15) is 4.79 Å². The van der Waals surface area contributed by atoms with E-state index in [4.69, 9.17) is 4.52 Å². The number of amides is 1. The molecule has 2 N–H and O–H groups in total. The Kier molecular flexibility index (Phi) is 4.49. The highest BCUT2D eigenvalue weighted by Gasteiger charge is 2.28. The molecule has 5 rings (SSSR count). The number of rotatable bonds is 4. The van der Waals surface area contributed by atoms with E-state index < -0.39 is 0 Å². The number of aryl methyl sites for hydroxylation is 2. The van der Waals surface area contributed by atoms with Gasteiger partial charge in [-0.05, 0) is 51.2 Å². The van der Waals surface area contributed by atoms with Crippen molar-refractivity contribution in [3.8, 4) is 11.5 Å². The van der Waals surface area contributed by atoms with Crippen molar-refractivity contribution in [2.45, 2.75) is 45.1 Å². The minimum atomic E-state index is -0.0775. The molecule has 1 atom stereocenters. The fraction of sp³-hybridized carbons (Fsp3) is 0.450. The number of anilines is 1. The van der Waals surface area contributed by atoms with Crippen LogP contribution in [0.5, 0.6) is 0 Å². The van der Waals surface area contributed by atoms with Gasteiger partial charge in [-0.15, -0.1) is 0 Å². The van der Waals surface area contributed by atoms with Gasteiger partial charge >= 0.3 is 0 Å². The van der Waals surface area contributed by atoms with Crippen LogP contribution in [-0.4, -0.2) is 50.4 Å². The largest absolute Gasteiger partial charge is 0.354 e. The van der Waals surface area contributed by atoms with Crippen molar-refractivity contribution in [3.05, 3.63) is 41.1 Å². The summed E-state index contributed by atoms with van der Waals surface area (Å²) >= 11 is 0. The number of hydrogen-bond acceptors (Lipinski definition) is 7. The summed E-state index contributed by atoms with van der Waals surface area (Å²) in [5, 5.41) is 14.3. The summed E-state index contributed by atoms with van der Waals surface area (Å²) in [7, 11) is 0. The molecule has 9 heteroatoms. The van der Waals surface area contributed by atoms with Crippen LogP contribution < -0.4 is 10.2 Å². The van der Waals surface area contributed by atoms with Gasteiger partial charge in [-0.2, -0.15) is 10.1 Å². The summed E-state index contributed by atoms with van der Waals surface area (Å²) in [5.41, 5.74) is 3.57. The number of carbonyl (C=O) groups is 1. The molecule has 3 aromatic rings. The van der Waals surface area contributed by atoms with Crippen LogP contribution in [0.3, 0.4) is 0 Å². The lowest BCUT2D eigenvalue weighted by Gasteiger charge is -2.18. The average molecular weight is 393 g/mol. The molecule has 2 aliphatic rings. The highest BCUT2D eigenvalue weighted by atomic mass is 16.5. The van der Waals surface area contributed by atoms with Crippen molar-refractivity contribution in [1.29, 1.82) is 0 Å². The van der Waals surface area contributed by atoms with Gasteiger partial charge in [0.1, 0.15) is 5.82 Å². The lowest BCUT2D eigenvalue weighted by Crippen LogP contribution is -2.37. The number of nitrogens with one attached hydrogen (secondary N) is 2. The third-order valence-corrected chi connectivity index (χ3v) is 5.64. The van der Waals surface area contributed by atoms with Crippen LogP contribution in [0, 0.1) is 6.92 Å². The van der Waals surface area contributed by atoms with Gasteiger partial charge in [0.05, 0.1) is 5.56 Å². The third-order valence-electron chi connectivity index (χ3n) is 5.64. The quantitative estimate of drug-likeness (QED) is 0.697. The first-order chi connectivity index (χ1) is 14.2. The third kappa shape index (κ3) is 3.48. The topological polar surface area (TPSA) is 113 Å². The van der Waals surface area contributed by atoms with E-state index in [2.05, 4.69) is 35.5 Å². The first kappa shape index (κ1) is 17.8. The lowest BCUT2D eigenvalue weighted by molar-refractivity contribution is 0.0934. The molecule has 29 heavy (non-hydrogen) atoms. The number of carbonyl (C=O) groups excluding carboxylic acids is 1. The van der Waals surface area contributed by atoms with E-state index in [1.165, 1.54) is 0 Å². The van der Waals surface area contributed by atoms with Gasteiger partial charge in [-0.25, -0.2) is 4.98 Å². The molecular weight excluding hydrogens is 370 g/mol. The Morgan fingerprint density at radius 1 is 1.31 bits per heavy atom. The maximum absolute atomic E-state index is 12.7. The molecule has 1 saturated heterocycles. The minimum absolute atomic E-state index is 0.0775. The zero-order valence-electron chi connectivity index (χ0n) is 16.3. The first-order valence-electron chi connectivity index (χ1n) is 10.1. The summed E-state index contributed by atoms with van der Waals surface area (Å²) in [4.78, 5) is 23.7. The van der Waals surface area contributed by atoms with Gasteiger partial charge < -0.3 is 14.7 Å². The van der Waals surface area contributed by atoms with E-state index in [-0.39, 0.29) is 11.9 Å². The number of nitrogens with zero attached hydrogens (tertiary/aromatic N) is 5. The molecule has 0 bridgehead atoms. The van der Waals surface area contributed by atoms with Crippen LogP contribution in [-0.2, 0) is 12.8 Å². The second-order valence-corrected chi connectivity index (χ2v) is 7.69. The van der Waals surface area contributed by atoms with Gasteiger partial charge in [-0.3, -0.25) is 9.89 Å². The molecule has 9 nitrogen and oxygen atoms in total. The molecule has 0 unspecified atom stereocenters. The molecule has 0 saturated carbocycles. The molecule has 4 heterocycles. The summed E-state index contributed by atoms with van der Waals surface area (Å²) in [6, 6.07) is 3.96. The Labute approximate surface area is 167 Å². The lowest BCUT2D eigenvalue weighted by atomic mass is 9.95. The molecule has 0 radical (unpaired) electrons. The van der Waals surface area contributed by atoms with Crippen LogP contribution >= 0.6 is 0 Å². The van der Waals surface area contributed by atoms with Gasteiger partial charge in [0.2, 0.25) is 0 Å². The maximum atomic E-state index is 12.7. The normalized spacial score (nSPS) is 18.7. The van der Waals surface area contributed by atoms with E-state index in [0.717, 1.165) is 67.8 Å². The number of pyridine rings is 1. The van der Waals surface area contributed by atoms with Crippen LogP contribution in [0.4, 0.5) is 5.82 Å². The predicted molar refractivity (Wildman–Crippen MR) is 106 cm³/mol. The van der Waals surface area contributed by atoms with Gasteiger partial charge in [0, 0.05) is 36.6 Å². The second kappa shape index (κ2) is 7.31. The highest BCUT2D eigenvalue weighted by molar-refractivity contribution is 5.94. The van der Waals surface area contributed by atoms with Crippen LogP contribution in [0.1, 0.15) is 46.8 Å². The Hall–Kier alpha value is -3.23. The molecule has 1 fully saturated rings. The van der Waals surface area contributed by atoms with E-state index >= 15 is 0 Å². The summed E-state index contributed by atoms with van der Waals surface area (Å²) < 4.78 is 5.18. The van der Waals surface area contributed by atoms with Crippen molar-refractivity contribution in [2.75, 3.05) is 18.0 Å². The highest BCUT2D eigenvalue weighted by Crippen LogP contribution is 2.24. The van der Waals surface area contributed by atoms with E-state index in [1.54, 1.807) is 13.1 Å². The Morgan fingerprint density at radius 3 is 3.00 bits per heavy atom. The molecule has 150 valence electrons. The summed E-state index contributed by atoms with van der Waals surface area (Å²) in [6.07, 6.45) is 6.81. The Morgan fingerprint density at radius 2 is 2.21 bits per heavy atom. The maximum Gasteiger partial charge on any atom is 0.272 e. The molecular formula is C20H23N7O2. The smallest absolute Gasteiger partial charge is 0.272 e. The second-order valence-electron chi connectivity index (χ2n) is 7.69. The predicted octanol–water partition coefficient (Wildman–Crippen LogP) is 2.05. The first-order valence-corrected chi connectivity index (χ1v) is 10.1.